The predicted molar refractivity (Wildman–Crippen MR) is 63.7 cm³/mol. The lowest BCUT2D eigenvalue weighted by Gasteiger charge is -2.35. The smallest absolute Gasteiger partial charge is 0.356 e. The summed E-state index contributed by atoms with van der Waals surface area (Å²) >= 11 is 0. The zero-order valence-electron chi connectivity index (χ0n) is 10.1. The molecule has 1 saturated heterocycles. The van der Waals surface area contributed by atoms with Crippen LogP contribution in [0.15, 0.2) is 18.2 Å². The second-order valence-electron chi connectivity index (χ2n) is 4.23. The van der Waals surface area contributed by atoms with E-state index in [2.05, 4.69) is 27.0 Å². The van der Waals surface area contributed by atoms with Crippen molar-refractivity contribution in [2.75, 3.05) is 27.2 Å². The Balaban J connectivity index is 2.02. The van der Waals surface area contributed by atoms with E-state index in [1.165, 1.54) is 7.11 Å². The van der Waals surface area contributed by atoms with Crippen LogP contribution in [-0.4, -0.2) is 49.1 Å². The van der Waals surface area contributed by atoms with Crippen molar-refractivity contribution in [3.05, 3.63) is 29.6 Å². The van der Waals surface area contributed by atoms with E-state index in [0.717, 1.165) is 25.3 Å². The first kappa shape index (κ1) is 12.0. The number of methoxy groups -OCH3 is 1. The lowest BCUT2D eigenvalue weighted by atomic mass is 10.1. The van der Waals surface area contributed by atoms with Gasteiger partial charge in [-0.3, -0.25) is 4.90 Å². The molecule has 0 aliphatic carbocycles. The monoisotopic (exact) mass is 235 g/mol. The molecule has 1 fully saturated rings. The van der Waals surface area contributed by atoms with Crippen LogP contribution < -0.4 is 5.32 Å². The Bertz CT molecular complexity index is 404. The minimum atomic E-state index is -0.389. The maximum Gasteiger partial charge on any atom is 0.356 e. The van der Waals surface area contributed by atoms with Crippen molar-refractivity contribution in [2.45, 2.75) is 12.6 Å². The van der Waals surface area contributed by atoms with Gasteiger partial charge in [-0.05, 0) is 19.2 Å². The minimum absolute atomic E-state index is 0.366. The highest BCUT2D eigenvalue weighted by Gasteiger charge is 2.21. The van der Waals surface area contributed by atoms with Gasteiger partial charge >= 0.3 is 5.97 Å². The molecular weight excluding hydrogens is 218 g/mol. The topological polar surface area (TPSA) is 54.5 Å². The molecule has 1 aliphatic heterocycles. The molecule has 1 aromatic rings. The lowest BCUT2D eigenvalue weighted by molar-refractivity contribution is 0.0593. The van der Waals surface area contributed by atoms with Crippen molar-refractivity contribution in [1.29, 1.82) is 0 Å². The van der Waals surface area contributed by atoms with Crippen LogP contribution in [0.1, 0.15) is 16.2 Å². The standard InChI is InChI=1S/C12H17N3O2/c1-15(10-6-13-7-10)8-9-4-3-5-11(14-9)12(16)17-2/h3-5,10,13H,6-8H2,1-2H3. The van der Waals surface area contributed by atoms with Gasteiger partial charge < -0.3 is 10.1 Å². The number of hydrogen-bond acceptors (Lipinski definition) is 5. The third-order valence-electron chi connectivity index (χ3n) is 3.00. The van der Waals surface area contributed by atoms with Gasteiger partial charge in [-0.25, -0.2) is 9.78 Å². The number of likely N-dealkylation sites (N-methyl/N-ethyl adjacent to an activating group) is 1. The van der Waals surface area contributed by atoms with Gasteiger partial charge in [0.1, 0.15) is 5.69 Å². The molecule has 0 radical (unpaired) electrons. The normalized spacial score (nSPS) is 15.7. The molecule has 0 bridgehead atoms. The zero-order valence-corrected chi connectivity index (χ0v) is 10.1. The molecule has 0 atom stereocenters. The van der Waals surface area contributed by atoms with Crippen molar-refractivity contribution in [2.24, 2.45) is 0 Å². The number of nitrogens with zero attached hydrogens (tertiary/aromatic N) is 2. The van der Waals surface area contributed by atoms with Crippen LogP contribution in [0.3, 0.4) is 0 Å². The van der Waals surface area contributed by atoms with Gasteiger partial charge in [0, 0.05) is 25.7 Å². The molecule has 92 valence electrons. The maximum atomic E-state index is 11.3. The van der Waals surface area contributed by atoms with E-state index < -0.39 is 0 Å². The Labute approximate surface area is 101 Å². The van der Waals surface area contributed by atoms with Crippen LogP contribution in [0.5, 0.6) is 0 Å². The lowest BCUT2D eigenvalue weighted by Crippen LogP contribution is -2.55. The summed E-state index contributed by atoms with van der Waals surface area (Å²) in [5.41, 5.74) is 1.26. The summed E-state index contributed by atoms with van der Waals surface area (Å²) in [6.45, 7) is 2.79. The fraction of sp³-hybridized carbons (Fsp3) is 0.500. The summed E-state index contributed by atoms with van der Waals surface area (Å²) in [4.78, 5) is 17.9. The summed E-state index contributed by atoms with van der Waals surface area (Å²) in [5.74, 6) is -0.389. The van der Waals surface area contributed by atoms with Crippen molar-refractivity contribution in [3.8, 4) is 0 Å². The number of rotatable bonds is 4. The number of carbonyl (C=O) groups excluding carboxylic acids is 1. The number of ether oxygens (including phenoxy) is 1. The highest BCUT2D eigenvalue weighted by atomic mass is 16.5. The van der Waals surface area contributed by atoms with E-state index in [0.29, 0.717) is 11.7 Å². The Morgan fingerprint density at radius 2 is 2.35 bits per heavy atom. The summed E-state index contributed by atoms with van der Waals surface area (Å²) < 4.78 is 4.65. The van der Waals surface area contributed by atoms with Crippen LogP contribution in [-0.2, 0) is 11.3 Å². The Morgan fingerprint density at radius 1 is 1.59 bits per heavy atom. The molecule has 2 rings (SSSR count). The van der Waals surface area contributed by atoms with Crippen LogP contribution in [0.2, 0.25) is 0 Å². The summed E-state index contributed by atoms with van der Waals surface area (Å²) in [7, 11) is 3.43. The van der Waals surface area contributed by atoms with E-state index in [1.807, 2.05) is 12.1 Å². The molecule has 0 spiro atoms. The van der Waals surface area contributed by atoms with Gasteiger partial charge in [0.15, 0.2) is 0 Å². The number of nitrogens with one attached hydrogen (secondary N) is 1. The van der Waals surface area contributed by atoms with Crippen molar-refractivity contribution < 1.29 is 9.53 Å². The third-order valence-corrected chi connectivity index (χ3v) is 3.00. The Kier molecular flexibility index (Phi) is 3.71. The molecule has 0 aromatic carbocycles. The quantitative estimate of drug-likeness (QED) is 0.759. The van der Waals surface area contributed by atoms with Crippen molar-refractivity contribution in [3.63, 3.8) is 0 Å². The third kappa shape index (κ3) is 2.81. The predicted octanol–water partition coefficient (Wildman–Crippen LogP) is 0.272. The van der Waals surface area contributed by atoms with Gasteiger partial charge in [-0.1, -0.05) is 6.07 Å². The minimum Gasteiger partial charge on any atom is -0.464 e. The van der Waals surface area contributed by atoms with Gasteiger partial charge in [0.05, 0.1) is 12.8 Å². The summed E-state index contributed by atoms with van der Waals surface area (Å²) in [6.07, 6.45) is 0. The molecular formula is C12H17N3O2. The summed E-state index contributed by atoms with van der Waals surface area (Å²) in [6, 6.07) is 6.00. The van der Waals surface area contributed by atoms with Crippen LogP contribution in [0.4, 0.5) is 0 Å². The van der Waals surface area contributed by atoms with Gasteiger partial charge in [-0.15, -0.1) is 0 Å². The van der Waals surface area contributed by atoms with Gasteiger partial charge in [0.2, 0.25) is 0 Å². The zero-order chi connectivity index (χ0) is 12.3. The molecule has 5 heteroatoms. The average molecular weight is 235 g/mol. The molecule has 0 unspecified atom stereocenters. The second-order valence-corrected chi connectivity index (χ2v) is 4.23. The largest absolute Gasteiger partial charge is 0.464 e. The van der Waals surface area contributed by atoms with E-state index in [4.69, 9.17) is 0 Å². The Morgan fingerprint density at radius 3 is 2.94 bits per heavy atom. The van der Waals surface area contributed by atoms with Crippen LogP contribution in [0, 0.1) is 0 Å². The maximum absolute atomic E-state index is 11.3. The highest BCUT2D eigenvalue weighted by Crippen LogP contribution is 2.08. The molecule has 1 aromatic heterocycles. The first-order valence-electron chi connectivity index (χ1n) is 5.66. The van der Waals surface area contributed by atoms with E-state index >= 15 is 0 Å². The fourth-order valence-corrected chi connectivity index (χ4v) is 1.76. The molecule has 0 amide bonds. The van der Waals surface area contributed by atoms with Gasteiger partial charge in [0.25, 0.3) is 0 Å². The molecule has 5 nitrogen and oxygen atoms in total. The van der Waals surface area contributed by atoms with Gasteiger partial charge in [-0.2, -0.15) is 0 Å². The van der Waals surface area contributed by atoms with Crippen molar-refractivity contribution >= 4 is 5.97 Å². The van der Waals surface area contributed by atoms with E-state index in [-0.39, 0.29) is 5.97 Å². The number of carbonyl (C=O) groups is 1. The number of aromatic nitrogens is 1. The number of esters is 1. The molecule has 1 N–H and O–H groups in total. The first-order chi connectivity index (χ1) is 8.20. The number of hydrogen-bond donors (Lipinski definition) is 1. The second kappa shape index (κ2) is 5.25. The van der Waals surface area contributed by atoms with E-state index in [1.54, 1.807) is 6.07 Å². The van der Waals surface area contributed by atoms with E-state index in [9.17, 15) is 4.79 Å². The SMILES string of the molecule is COC(=O)c1cccc(CN(C)C2CNC2)n1. The average Bonchev–Trinajstić information content (AvgIpc) is 2.26. The molecule has 1 aliphatic rings. The fourth-order valence-electron chi connectivity index (χ4n) is 1.76. The van der Waals surface area contributed by atoms with Crippen LogP contribution in [0.25, 0.3) is 0 Å². The van der Waals surface area contributed by atoms with Crippen LogP contribution >= 0.6 is 0 Å². The number of pyridine rings is 1. The molecule has 17 heavy (non-hydrogen) atoms. The summed E-state index contributed by atoms with van der Waals surface area (Å²) in [5, 5.41) is 3.23. The molecule has 2 heterocycles. The van der Waals surface area contributed by atoms with Crippen molar-refractivity contribution in [1.82, 2.24) is 15.2 Å². The highest BCUT2D eigenvalue weighted by molar-refractivity contribution is 5.87. The Hall–Kier alpha value is -1.46. The first-order valence-corrected chi connectivity index (χ1v) is 5.66. The molecule has 0 saturated carbocycles.